The fraction of sp³-hybridized carbons (Fsp3) is 0.360. The van der Waals surface area contributed by atoms with Crippen molar-refractivity contribution in [3.05, 3.63) is 70.8 Å². The maximum Gasteiger partial charge on any atom is 0.350 e. The fourth-order valence-corrected chi connectivity index (χ4v) is 4.46. The third-order valence-corrected chi connectivity index (χ3v) is 6.57. The highest BCUT2D eigenvalue weighted by atomic mass is 16.5. The number of amides is 2. The summed E-state index contributed by atoms with van der Waals surface area (Å²) in [6.45, 7) is 3.43. The molecule has 0 radical (unpaired) electrons. The number of benzene rings is 2. The molecule has 0 saturated carbocycles. The molecular formula is C25H28N4O6. The SMILES string of the molecule is Cc1ccccc1C(=O)[C@]1(O)C[C@H](N2CN(C)C(N)=NC2=O)O[C@@H]1C(=O)C(O)c1ccccc1C. The Balaban J connectivity index is 1.73. The van der Waals surface area contributed by atoms with Gasteiger partial charge in [-0.05, 0) is 30.5 Å². The van der Waals surface area contributed by atoms with Gasteiger partial charge < -0.3 is 25.6 Å². The molecule has 10 heteroatoms. The lowest BCUT2D eigenvalue weighted by Crippen LogP contribution is -2.53. The molecule has 4 rings (SSSR count). The van der Waals surface area contributed by atoms with Gasteiger partial charge in [-0.1, -0.05) is 48.5 Å². The van der Waals surface area contributed by atoms with Gasteiger partial charge in [-0.2, -0.15) is 4.99 Å². The zero-order valence-corrected chi connectivity index (χ0v) is 19.7. The minimum absolute atomic E-state index is 0.0121. The molecule has 2 aliphatic rings. The molecule has 4 N–H and O–H groups in total. The molecule has 10 nitrogen and oxygen atoms in total. The van der Waals surface area contributed by atoms with Crippen molar-refractivity contribution in [2.75, 3.05) is 13.7 Å². The van der Waals surface area contributed by atoms with Crippen LogP contribution in [0.4, 0.5) is 4.79 Å². The molecule has 0 spiro atoms. The summed E-state index contributed by atoms with van der Waals surface area (Å²) in [4.78, 5) is 46.1. The number of urea groups is 1. The van der Waals surface area contributed by atoms with E-state index in [4.69, 9.17) is 10.5 Å². The number of aliphatic hydroxyl groups excluding tert-OH is 1. The minimum atomic E-state index is -2.33. The number of Topliss-reactive ketones (excluding diaryl/α,β-unsaturated/α-hetero) is 2. The van der Waals surface area contributed by atoms with Crippen molar-refractivity contribution < 1.29 is 29.3 Å². The van der Waals surface area contributed by atoms with E-state index >= 15 is 0 Å². The summed E-state index contributed by atoms with van der Waals surface area (Å²) in [7, 11) is 1.61. The first kappa shape index (κ1) is 24.5. The van der Waals surface area contributed by atoms with Crippen LogP contribution in [0.25, 0.3) is 0 Å². The van der Waals surface area contributed by atoms with E-state index in [9.17, 15) is 24.6 Å². The number of ketones is 2. The molecule has 2 aromatic carbocycles. The van der Waals surface area contributed by atoms with E-state index in [1.807, 2.05) is 0 Å². The van der Waals surface area contributed by atoms with E-state index in [1.54, 1.807) is 69.4 Å². The summed E-state index contributed by atoms with van der Waals surface area (Å²) >= 11 is 0. The van der Waals surface area contributed by atoms with Gasteiger partial charge in [0, 0.05) is 19.0 Å². The molecule has 2 aliphatic heterocycles. The molecule has 1 unspecified atom stereocenters. The Labute approximate surface area is 202 Å². The number of aliphatic imine (C=N–C) groups is 1. The first-order valence-corrected chi connectivity index (χ1v) is 11.2. The summed E-state index contributed by atoms with van der Waals surface area (Å²) in [5.41, 5.74) is 5.20. The summed E-state index contributed by atoms with van der Waals surface area (Å²) in [6.07, 6.45) is -4.91. The van der Waals surface area contributed by atoms with Crippen molar-refractivity contribution in [1.82, 2.24) is 9.80 Å². The Bertz CT molecular complexity index is 1210. The Hall–Kier alpha value is -3.60. The molecule has 184 valence electrons. The Kier molecular flexibility index (Phi) is 6.46. The Morgan fingerprint density at radius 2 is 1.77 bits per heavy atom. The van der Waals surface area contributed by atoms with E-state index in [0.29, 0.717) is 16.7 Å². The van der Waals surface area contributed by atoms with Crippen LogP contribution in [-0.4, -0.2) is 75.2 Å². The Morgan fingerprint density at radius 3 is 2.43 bits per heavy atom. The van der Waals surface area contributed by atoms with E-state index in [1.165, 1.54) is 9.80 Å². The smallest absolute Gasteiger partial charge is 0.350 e. The molecule has 1 fully saturated rings. The number of ether oxygens (including phenoxy) is 1. The van der Waals surface area contributed by atoms with E-state index in [-0.39, 0.29) is 24.6 Å². The van der Waals surface area contributed by atoms with Gasteiger partial charge in [0.15, 0.2) is 23.3 Å². The summed E-state index contributed by atoms with van der Waals surface area (Å²) in [5, 5.41) is 22.6. The number of nitrogens with two attached hydrogens (primary N) is 1. The van der Waals surface area contributed by atoms with Gasteiger partial charge in [0.2, 0.25) is 5.96 Å². The van der Waals surface area contributed by atoms with Crippen molar-refractivity contribution in [3.63, 3.8) is 0 Å². The average Bonchev–Trinajstić information content (AvgIpc) is 3.19. The normalized spacial score (nSPS) is 25.4. The van der Waals surface area contributed by atoms with Crippen LogP contribution in [0.3, 0.4) is 0 Å². The molecule has 2 aromatic rings. The number of guanidine groups is 1. The van der Waals surface area contributed by atoms with Gasteiger partial charge in [-0.15, -0.1) is 0 Å². The van der Waals surface area contributed by atoms with Crippen LogP contribution < -0.4 is 5.73 Å². The second-order valence-corrected chi connectivity index (χ2v) is 8.97. The number of nitrogens with zero attached hydrogens (tertiary/aromatic N) is 3. The third-order valence-electron chi connectivity index (χ3n) is 6.57. The maximum absolute atomic E-state index is 13.6. The highest BCUT2D eigenvalue weighted by molar-refractivity contribution is 6.08. The summed E-state index contributed by atoms with van der Waals surface area (Å²) < 4.78 is 5.89. The van der Waals surface area contributed by atoms with Crippen molar-refractivity contribution in [2.45, 2.75) is 44.3 Å². The molecule has 2 amide bonds. The summed E-state index contributed by atoms with van der Waals surface area (Å²) in [6, 6.07) is 12.7. The number of carbonyl (C=O) groups is 3. The lowest BCUT2D eigenvalue weighted by molar-refractivity contribution is -0.149. The first-order chi connectivity index (χ1) is 16.5. The van der Waals surface area contributed by atoms with E-state index in [2.05, 4.69) is 4.99 Å². The molecule has 4 atom stereocenters. The predicted molar refractivity (Wildman–Crippen MR) is 126 cm³/mol. The number of aryl methyl sites for hydroxylation is 2. The van der Waals surface area contributed by atoms with Crippen LogP contribution in [0.1, 0.15) is 39.6 Å². The number of carbonyl (C=O) groups excluding carboxylic acids is 3. The Morgan fingerprint density at radius 1 is 1.14 bits per heavy atom. The van der Waals surface area contributed by atoms with Crippen LogP contribution in [0.2, 0.25) is 0 Å². The zero-order valence-electron chi connectivity index (χ0n) is 19.7. The van der Waals surface area contributed by atoms with Crippen molar-refractivity contribution in [1.29, 1.82) is 0 Å². The molecule has 0 bridgehead atoms. The van der Waals surface area contributed by atoms with Crippen molar-refractivity contribution >= 4 is 23.6 Å². The van der Waals surface area contributed by atoms with E-state index in [0.717, 1.165) is 0 Å². The molecule has 2 heterocycles. The molecule has 35 heavy (non-hydrogen) atoms. The molecule has 0 aliphatic carbocycles. The van der Waals surface area contributed by atoms with Crippen LogP contribution in [-0.2, 0) is 9.53 Å². The van der Waals surface area contributed by atoms with Gasteiger partial charge in [-0.25, -0.2) is 4.79 Å². The minimum Gasteiger partial charge on any atom is -0.380 e. The summed E-state index contributed by atoms with van der Waals surface area (Å²) in [5.74, 6) is -1.60. The topological polar surface area (TPSA) is 146 Å². The lowest BCUT2D eigenvalue weighted by atomic mass is 9.81. The van der Waals surface area contributed by atoms with Crippen molar-refractivity contribution in [2.24, 2.45) is 10.7 Å². The number of aliphatic hydroxyl groups is 2. The zero-order chi connectivity index (χ0) is 25.5. The highest BCUT2D eigenvalue weighted by Gasteiger charge is 2.59. The van der Waals surface area contributed by atoms with Crippen LogP contribution in [0, 0.1) is 13.8 Å². The second kappa shape index (κ2) is 9.21. The van der Waals surface area contributed by atoms with Crippen LogP contribution >= 0.6 is 0 Å². The third kappa shape index (κ3) is 4.31. The number of hydrogen-bond acceptors (Lipinski definition) is 8. The first-order valence-electron chi connectivity index (χ1n) is 11.2. The number of hydrogen-bond donors (Lipinski definition) is 3. The highest BCUT2D eigenvalue weighted by Crippen LogP contribution is 2.39. The monoisotopic (exact) mass is 480 g/mol. The fourth-order valence-electron chi connectivity index (χ4n) is 4.46. The quantitative estimate of drug-likeness (QED) is 0.524. The van der Waals surface area contributed by atoms with Crippen LogP contribution in [0.5, 0.6) is 0 Å². The maximum atomic E-state index is 13.6. The van der Waals surface area contributed by atoms with Gasteiger partial charge in [0.25, 0.3) is 0 Å². The molecule has 1 saturated heterocycles. The van der Waals surface area contributed by atoms with Gasteiger partial charge in [0.05, 0.1) is 6.67 Å². The average molecular weight is 481 g/mol. The second-order valence-electron chi connectivity index (χ2n) is 8.97. The van der Waals surface area contributed by atoms with Gasteiger partial charge in [-0.3, -0.25) is 14.5 Å². The lowest BCUT2D eigenvalue weighted by Gasteiger charge is -2.34. The standard InChI is InChI=1S/C25H28N4O6/c1-14-8-4-6-10-16(14)19(30)20(31)22-25(34,21(32)17-11-7-5-9-15(17)2)12-18(35-22)29-13-28(3)23(26)27-24(29)33/h4-11,18-19,22,30,34H,12-13H2,1-3H3,(H2,26,27,33)/t18-,19?,22-,25-/m1/s1. The predicted octanol–water partition coefficient (Wildman–Crippen LogP) is 1.27. The van der Waals surface area contributed by atoms with Gasteiger partial charge >= 0.3 is 6.03 Å². The molecule has 0 aromatic heterocycles. The number of rotatable bonds is 6. The largest absolute Gasteiger partial charge is 0.380 e. The van der Waals surface area contributed by atoms with E-state index < -0.39 is 41.6 Å². The molecular weight excluding hydrogens is 452 g/mol. The van der Waals surface area contributed by atoms with Crippen LogP contribution in [0.15, 0.2) is 53.5 Å². The van der Waals surface area contributed by atoms with Crippen molar-refractivity contribution in [3.8, 4) is 0 Å². The van der Waals surface area contributed by atoms with Gasteiger partial charge in [0.1, 0.15) is 12.3 Å².